The van der Waals surface area contributed by atoms with Crippen molar-refractivity contribution in [2.45, 2.75) is 19.3 Å². The summed E-state index contributed by atoms with van der Waals surface area (Å²) in [6.45, 7) is 5.09. The van der Waals surface area contributed by atoms with Crippen molar-refractivity contribution in [3.05, 3.63) is 12.4 Å². The number of aryl methyl sites for hydroxylation is 1. The summed E-state index contributed by atoms with van der Waals surface area (Å²) >= 11 is 0. The van der Waals surface area contributed by atoms with Crippen LogP contribution in [-0.2, 0) is 11.8 Å². The van der Waals surface area contributed by atoms with E-state index in [1.807, 2.05) is 18.1 Å². The number of likely N-dealkylation sites (tertiary alicyclic amines) is 1. The number of hydrogen-bond donors (Lipinski definition) is 1. The molecule has 26 heavy (non-hydrogen) atoms. The molecule has 144 valence electrons. The third-order valence-electron chi connectivity index (χ3n) is 5.41. The smallest absolute Gasteiger partial charge is 0.246 e. The molecule has 2 fully saturated rings. The van der Waals surface area contributed by atoms with Gasteiger partial charge in [-0.25, -0.2) is 0 Å². The average Bonchev–Trinajstić information content (AvgIpc) is 3.06. The summed E-state index contributed by atoms with van der Waals surface area (Å²) in [6, 6.07) is 0. The van der Waals surface area contributed by atoms with Crippen LogP contribution in [0, 0.1) is 5.92 Å². The molecule has 1 aromatic heterocycles. The number of amides is 1. The highest BCUT2D eigenvalue weighted by Crippen LogP contribution is 2.19. The summed E-state index contributed by atoms with van der Waals surface area (Å²) in [6.07, 6.45) is 7.33. The molecule has 0 aromatic carbocycles. The standard InChI is InChI=1S/C18H31N7O/c1-19-18(20-7-4-15-5-8-22(2)9-6-15)24-10-11-25(17(26)14-24)16-12-21-23(3)13-16/h12-13,15H,4-11,14H2,1-3H3,(H,19,20). The Morgan fingerprint density at radius 2 is 2.04 bits per heavy atom. The first-order chi connectivity index (χ1) is 12.6. The van der Waals surface area contributed by atoms with Crippen molar-refractivity contribution in [3.63, 3.8) is 0 Å². The van der Waals surface area contributed by atoms with Gasteiger partial charge in [0.05, 0.1) is 11.9 Å². The van der Waals surface area contributed by atoms with Crippen molar-refractivity contribution < 1.29 is 4.79 Å². The maximum absolute atomic E-state index is 12.5. The second kappa shape index (κ2) is 8.53. The lowest BCUT2D eigenvalue weighted by molar-refractivity contribution is -0.120. The molecule has 3 rings (SSSR count). The molecule has 0 atom stereocenters. The highest BCUT2D eigenvalue weighted by Gasteiger charge is 2.27. The Hall–Kier alpha value is -2.09. The SMILES string of the molecule is CN=C(NCCC1CCN(C)CC1)N1CCN(c2cnn(C)c2)C(=O)C1. The summed E-state index contributed by atoms with van der Waals surface area (Å²) in [4.78, 5) is 23.2. The first kappa shape index (κ1) is 18.7. The van der Waals surface area contributed by atoms with Gasteiger partial charge in [0.25, 0.3) is 0 Å². The van der Waals surface area contributed by atoms with Crippen molar-refractivity contribution in [1.82, 2.24) is 24.9 Å². The van der Waals surface area contributed by atoms with Gasteiger partial charge in [0, 0.05) is 39.9 Å². The number of aromatic nitrogens is 2. The van der Waals surface area contributed by atoms with Gasteiger partial charge in [-0.2, -0.15) is 5.10 Å². The molecule has 1 amide bonds. The summed E-state index contributed by atoms with van der Waals surface area (Å²) in [5.41, 5.74) is 0.863. The van der Waals surface area contributed by atoms with Gasteiger partial charge in [-0.15, -0.1) is 0 Å². The largest absolute Gasteiger partial charge is 0.356 e. The monoisotopic (exact) mass is 361 g/mol. The van der Waals surface area contributed by atoms with E-state index in [1.165, 1.54) is 25.9 Å². The van der Waals surface area contributed by atoms with E-state index in [-0.39, 0.29) is 5.91 Å². The van der Waals surface area contributed by atoms with E-state index in [1.54, 1.807) is 22.8 Å². The summed E-state index contributed by atoms with van der Waals surface area (Å²) in [7, 11) is 5.84. The van der Waals surface area contributed by atoms with Crippen LogP contribution in [0.15, 0.2) is 17.4 Å². The predicted octanol–water partition coefficient (Wildman–Crippen LogP) is 0.376. The Balaban J connectivity index is 1.46. The third-order valence-corrected chi connectivity index (χ3v) is 5.41. The van der Waals surface area contributed by atoms with Crippen LogP contribution in [0.3, 0.4) is 0 Å². The number of aliphatic imine (C=N–C) groups is 1. The normalized spacial score (nSPS) is 20.7. The van der Waals surface area contributed by atoms with E-state index in [2.05, 4.69) is 27.4 Å². The van der Waals surface area contributed by atoms with Crippen molar-refractivity contribution in [3.8, 4) is 0 Å². The Kier molecular flexibility index (Phi) is 6.13. The molecule has 0 bridgehead atoms. The second-order valence-corrected chi connectivity index (χ2v) is 7.35. The fourth-order valence-corrected chi connectivity index (χ4v) is 3.75. The van der Waals surface area contributed by atoms with E-state index in [4.69, 9.17) is 0 Å². The predicted molar refractivity (Wildman–Crippen MR) is 103 cm³/mol. The van der Waals surface area contributed by atoms with Gasteiger partial charge in [0.15, 0.2) is 5.96 Å². The van der Waals surface area contributed by atoms with Gasteiger partial charge in [-0.3, -0.25) is 14.5 Å². The molecule has 1 N–H and O–H groups in total. The topological polar surface area (TPSA) is 69.0 Å². The third kappa shape index (κ3) is 4.55. The zero-order valence-electron chi connectivity index (χ0n) is 16.2. The highest BCUT2D eigenvalue weighted by molar-refractivity contribution is 5.98. The minimum Gasteiger partial charge on any atom is -0.356 e. The minimum atomic E-state index is 0.0857. The molecule has 2 aliphatic rings. The highest BCUT2D eigenvalue weighted by atomic mass is 16.2. The van der Waals surface area contributed by atoms with E-state index in [0.717, 1.165) is 37.1 Å². The summed E-state index contributed by atoms with van der Waals surface area (Å²) < 4.78 is 1.72. The van der Waals surface area contributed by atoms with Gasteiger partial charge < -0.3 is 20.0 Å². The van der Waals surface area contributed by atoms with Crippen LogP contribution < -0.4 is 10.2 Å². The Bertz CT molecular complexity index is 633. The summed E-state index contributed by atoms with van der Waals surface area (Å²) in [5.74, 6) is 1.71. The lowest BCUT2D eigenvalue weighted by Gasteiger charge is -2.35. The first-order valence-corrected chi connectivity index (χ1v) is 9.50. The van der Waals surface area contributed by atoms with Gasteiger partial charge in [0.2, 0.25) is 5.91 Å². The lowest BCUT2D eigenvalue weighted by Crippen LogP contribution is -2.55. The van der Waals surface area contributed by atoms with Crippen molar-refractivity contribution in [2.75, 3.05) is 58.3 Å². The average molecular weight is 361 g/mol. The van der Waals surface area contributed by atoms with E-state index in [9.17, 15) is 4.79 Å². The number of hydrogen-bond acceptors (Lipinski definition) is 4. The van der Waals surface area contributed by atoms with Gasteiger partial charge in [-0.05, 0) is 45.3 Å². The molecule has 0 unspecified atom stereocenters. The van der Waals surface area contributed by atoms with Gasteiger partial charge in [-0.1, -0.05) is 0 Å². The number of nitrogens with one attached hydrogen (secondary N) is 1. The summed E-state index contributed by atoms with van der Waals surface area (Å²) in [5, 5.41) is 7.61. The van der Waals surface area contributed by atoms with Gasteiger partial charge in [0.1, 0.15) is 6.54 Å². The molecule has 1 aromatic rings. The molecule has 3 heterocycles. The quantitative estimate of drug-likeness (QED) is 0.620. The van der Waals surface area contributed by atoms with Crippen LogP contribution in [0.1, 0.15) is 19.3 Å². The van der Waals surface area contributed by atoms with Crippen LogP contribution in [0.4, 0.5) is 5.69 Å². The number of carbonyl (C=O) groups is 1. The number of piperazine rings is 1. The Morgan fingerprint density at radius 3 is 2.65 bits per heavy atom. The molecule has 0 saturated carbocycles. The zero-order valence-corrected chi connectivity index (χ0v) is 16.2. The lowest BCUT2D eigenvalue weighted by atomic mass is 9.94. The first-order valence-electron chi connectivity index (χ1n) is 9.50. The van der Waals surface area contributed by atoms with Crippen LogP contribution >= 0.6 is 0 Å². The Morgan fingerprint density at radius 1 is 1.27 bits per heavy atom. The fourth-order valence-electron chi connectivity index (χ4n) is 3.75. The molecule has 2 aliphatic heterocycles. The second-order valence-electron chi connectivity index (χ2n) is 7.35. The fraction of sp³-hybridized carbons (Fsp3) is 0.722. The molecular weight excluding hydrogens is 330 g/mol. The maximum Gasteiger partial charge on any atom is 0.246 e. The molecule has 2 saturated heterocycles. The minimum absolute atomic E-state index is 0.0857. The van der Waals surface area contributed by atoms with Crippen LogP contribution in [0.5, 0.6) is 0 Å². The number of carbonyl (C=O) groups excluding carboxylic acids is 1. The molecule has 0 radical (unpaired) electrons. The number of nitrogens with zero attached hydrogens (tertiary/aromatic N) is 6. The van der Waals surface area contributed by atoms with Gasteiger partial charge >= 0.3 is 0 Å². The van der Waals surface area contributed by atoms with Crippen LogP contribution in [0.25, 0.3) is 0 Å². The number of anilines is 1. The molecule has 8 heteroatoms. The zero-order chi connectivity index (χ0) is 18.5. The molecule has 0 spiro atoms. The van der Waals surface area contributed by atoms with Crippen molar-refractivity contribution >= 4 is 17.6 Å². The van der Waals surface area contributed by atoms with Crippen LogP contribution in [0.2, 0.25) is 0 Å². The number of rotatable bonds is 4. The molecular formula is C18H31N7O. The Labute approximate surface area is 155 Å². The molecule has 0 aliphatic carbocycles. The van der Waals surface area contributed by atoms with Crippen molar-refractivity contribution in [1.29, 1.82) is 0 Å². The maximum atomic E-state index is 12.5. The van der Waals surface area contributed by atoms with Crippen LogP contribution in [-0.4, -0.2) is 84.8 Å². The van der Waals surface area contributed by atoms with E-state index < -0.39 is 0 Å². The molecule has 8 nitrogen and oxygen atoms in total. The van der Waals surface area contributed by atoms with Crippen molar-refractivity contribution in [2.24, 2.45) is 18.0 Å². The van der Waals surface area contributed by atoms with E-state index >= 15 is 0 Å². The van der Waals surface area contributed by atoms with E-state index in [0.29, 0.717) is 13.1 Å². The number of guanidine groups is 1. The number of piperidine rings is 1.